The fraction of sp³-hybridized carbons (Fsp3) is 0.176. The van der Waals surface area contributed by atoms with Gasteiger partial charge < -0.3 is 14.8 Å². The van der Waals surface area contributed by atoms with Crippen LogP contribution in [0.25, 0.3) is 0 Å². The molecule has 0 aliphatic carbocycles. The Morgan fingerprint density at radius 3 is 2.42 bits per heavy atom. The van der Waals surface area contributed by atoms with Crippen LogP contribution in [0.3, 0.4) is 0 Å². The van der Waals surface area contributed by atoms with Gasteiger partial charge in [0.05, 0.1) is 12.7 Å². The number of halogens is 2. The first-order valence-corrected chi connectivity index (χ1v) is 7.77. The molecule has 0 aliphatic rings. The van der Waals surface area contributed by atoms with E-state index in [9.17, 15) is 9.59 Å². The van der Waals surface area contributed by atoms with Crippen LogP contribution in [0.1, 0.15) is 15.9 Å². The molecular formula is C17H15Cl2NO4. The van der Waals surface area contributed by atoms with Crippen LogP contribution in [0.15, 0.2) is 42.5 Å². The second kappa shape index (κ2) is 8.57. The molecule has 24 heavy (non-hydrogen) atoms. The van der Waals surface area contributed by atoms with E-state index >= 15 is 0 Å². The van der Waals surface area contributed by atoms with E-state index in [4.69, 9.17) is 32.7 Å². The van der Waals surface area contributed by atoms with Crippen LogP contribution in [0.5, 0.6) is 5.75 Å². The lowest BCUT2D eigenvalue weighted by molar-refractivity contribution is -0.124. The number of amides is 1. The second-order valence-corrected chi connectivity index (χ2v) is 5.66. The molecule has 0 bridgehead atoms. The van der Waals surface area contributed by atoms with Crippen molar-refractivity contribution in [1.29, 1.82) is 0 Å². The van der Waals surface area contributed by atoms with E-state index in [1.54, 1.807) is 42.5 Å². The van der Waals surface area contributed by atoms with Crippen molar-refractivity contribution < 1.29 is 19.1 Å². The Morgan fingerprint density at radius 1 is 1.08 bits per heavy atom. The highest BCUT2D eigenvalue weighted by Crippen LogP contribution is 2.20. The maximum Gasteiger partial charge on any atom is 0.338 e. The molecule has 0 atom stereocenters. The minimum absolute atomic E-state index is 0.217. The largest absolute Gasteiger partial charge is 0.497 e. The zero-order valence-electron chi connectivity index (χ0n) is 12.8. The SMILES string of the molecule is COc1ccc(C(=O)OCC(=O)NCc2ccc(Cl)cc2Cl)cc1. The van der Waals surface area contributed by atoms with Crippen LogP contribution in [0.2, 0.25) is 10.0 Å². The quantitative estimate of drug-likeness (QED) is 0.793. The molecule has 0 spiro atoms. The van der Waals surface area contributed by atoms with E-state index in [-0.39, 0.29) is 13.2 Å². The number of carbonyl (C=O) groups is 2. The molecule has 126 valence electrons. The summed E-state index contributed by atoms with van der Waals surface area (Å²) in [6, 6.07) is 11.4. The Balaban J connectivity index is 1.80. The summed E-state index contributed by atoms with van der Waals surface area (Å²) in [7, 11) is 1.53. The van der Waals surface area contributed by atoms with E-state index in [1.165, 1.54) is 7.11 Å². The summed E-state index contributed by atoms with van der Waals surface area (Å²) < 4.78 is 9.96. The average Bonchev–Trinajstić information content (AvgIpc) is 2.59. The van der Waals surface area contributed by atoms with Gasteiger partial charge in [0.25, 0.3) is 5.91 Å². The van der Waals surface area contributed by atoms with Gasteiger partial charge in [-0.05, 0) is 42.0 Å². The molecule has 2 aromatic rings. The summed E-state index contributed by atoms with van der Waals surface area (Å²) in [6.45, 7) is -0.162. The Morgan fingerprint density at radius 2 is 1.79 bits per heavy atom. The number of nitrogens with one attached hydrogen (secondary N) is 1. The summed E-state index contributed by atoms with van der Waals surface area (Å²) in [6.07, 6.45) is 0. The van der Waals surface area contributed by atoms with Gasteiger partial charge in [0.15, 0.2) is 6.61 Å². The first-order valence-electron chi connectivity index (χ1n) is 7.01. The zero-order valence-corrected chi connectivity index (χ0v) is 14.4. The molecule has 1 amide bonds. The first-order chi connectivity index (χ1) is 11.5. The maximum atomic E-state index is 11.8. The highest BCUT2D eigenvalue weighted by molar-refractivity contribution is 6.35. The van der Waals surface area contributed by atoms with E-state index in [0.717, 1.165) is 5.56 Å². The van der Waals surface area contributed by atoms with Gasteiger partial charge in [0, 0.05) is 16.6 Å². The minimum Gasteiger partial charge on any atom is -0.497 e. The predicted octanol–water partition coefficient (Wildman–Crippen LogP) is 3.48. The number of ether oxygens (including phenoxy) is 2. The van der Waals surface area contributed by atoms with E-state index in [1.807, 2.05) is 0 Å². The van der Waals surface area contributed by atoms with Gasteiger partial charge >= 0.3 is 5.97 Å². The van der Waals surface area contributed by atoms with Crippen LogP contribution < -0.4 is 10.1 Å². The molecule has 7 heteroatoms. The van der Waals surface area contributed by atoms with Crippen LogP contribution in [-0.4, -0.2) is 25.6 Å². The van der Waals surface area contributed by atoms with Crippen LogP contribution in [0, 0.1) is 0 Å². The molecule has 0 heterocycles. The van der Waals surface area contributed by atoms with Crippen molar-refractivity contribution in [2.24, 2.45) is 0 Å². The normalized spacial score (nSPS) is 10.1. The topological polar surface area (TPSA) is 64.6 Å². The van der Waals surface area contributed by atoms with Crippen molar-refractivity contribution in [2.45, 2.75) is 6.54 Å². The van der Waals surface area contributed by atoms with Gasteiger partial charge in [-0.3, -0.25) is 4.79 Å². The number of hydrogen-bond donors (Lipinski definition) is 1. The molecule has 0 radical (unpaired) electrons. The molecule has 0 aromatic heterocycles. The van der Waals surface area contributed by atoms with Gasteiger partial charge in [0.2, 0.25) is 0 Å². The lowest BCUT2D eigenvalue weighted by atomic mass is 10.2. The Bertz CT molecular complexity index is 732. The summed E-state index contributed by atoms with van der Waals surface area (Å²) in [5.74, 6) is -0.385. The summed E-state index contributed by atoms with van der Waals surface area (Å²) in [5.41, 5.74) is 1.06. The summed E-state index contributed by atoms with van der Waals surface area (Å²) in [4.78, 5) is 23.6. The van der Waals surface area contributed by atoms with Crippen molar-refractivity contribution in [3.63, 3.8) is 0 Å². The molecule has 1 N–H and O–H groups in total. The minimum atomic E-state index is -0.586. The number of carbonyl (C=O) groups excluding carboxylic acids is 2. The number of hydrogen-bond acceptors (Lipinski definition) is 4. The molecular weight excluding hydrogens is 353 g/mol. The summed E-state index contributed by atoms with van der Waals surface area (Å²) >= 11 is 11.8. The van der Waals surface area contributed by atoms with Gasteiger partial charge in [-0.25, -0.2) is 4.79 Å². The number of rotatable bonds is 6. The first kappa shape index (κ1) is 18.1. The summed E-state index contributed by atoms with van der Waals surface area (Å²) in [5, 5.41) is 3.59. The smallest absolute Gasteiger partial charge is 0.338 e. The van der Waals surface area contributed by atoms with Gasteiger partial charge in [0.1, 0.15) is 5.75 Å². The van der Waals surface area contributed by atoms with Crippen molar-refractivity contribution in [1.82, 2.24) is 5.32 Å². The molecule has 0 saturated heterocycles. The van der Waals surface area contributed by atoms with Crippen molar-refractivity contribution in [3.8, 4) is 5.75 Å². The fourth-order valence-electron chi connectivity index (χ4n) is 1.85. The van der Waals surface area contributed by atoms with Crippen molar-refractivity contribution in [2.75, 3.05) is 13.7 Å². The Hall–Kier alpha value is -2.24. The molecule has 5 nitrogen and oxygen atoms in total. The highest BCUT2D eigenvalue weighted by atomic mass is 35.5. The van der Waals surface area contributed by atoms with E-state index in [0.29, 0.717) is 21.4 Å². The van der Waals surface area contributed by atoms with Crippen LogP contribution in [-0.2, 0) is 16.1 Å². The van der Waals surface area contributed by atoms with Crippen molar-refractivity contribution in [3.05, 3.63) is 63.6 Å². The molecule has 0 fully saturated rings. The van der Waals surface area contributed by atoms with Gasteiger partial charge in [-0.2, -0.15) is 0 Å². The average molecular weight is 368 g/mol. The van der Waals surface area contributed by atoms with Crippen molar-refractivity contribution >= 4 is 35.1 Å². The predicted molar refractivity (Wildman–Crippen MR) is 91.6 cm³/mol. The Kier molecular flexibility index (Phi) is 6.46. The lowest BCUT2D eigenvalue weighted by Gasteiger charge is -2.08. The standard InChI is InChI=1S/C17H15Cl2NO4/c1-23-14-6-3-11(4-7-14)17(22)24-10-16(21)20-9-12-2-5-13(18)8-15(12)19/h2-8H,9-10H2,1H3,(H,20,21). The Labute approximate surface area is 149 Å². The molecule has 0 unspecified atom stereocenters. The molecule has 2 rings (SSSR count). The van der Waals surface area contributed by atoms with Gasteiger partial charge in [-0.1, -0.05) is 29.3 Å². The number of methoxy groups -OCH3 is 1. The monoisotopic (exact) mass is 367 g/mol. The highest BCUT2D eigenvalue weighted by Gasteiger charge is 2.11. The third-order valence-corrected chi connectivity index (χ3v) is 3.74. The number of benzene rings is 2. The molecule has 0 aliphatic heterocycles. The van der Waals surface area contributed by atoms with Crippen LogP contribution >= 0.6 is 23.2 Å². The fourth-order valence-corrected chi connectivity index (χ4v) is 2.33. The second-order valence-electron chi connectivity index (χ2n) is 4.82. The van der Waals surface area contributed by atoms with Gasteiger partial charge in [-0.15, -0.1) is 0 Å². The maximum absolute atomic E-state index is 11.8. The van der Waals surface area contributed by atoms with E-state index in [2.05, 4.69) is 5.32 Å². The lowest BCUT2D eigenvalue weighted by Crippen LogP contribution is -2.28. The third kappa shape index (κ3) is 5.15. The zero-order chi connectivity index (χ0) is 17.5. The van der Waals surface area contributed by atoms with Crippen LogP contribution in [0.4, 0.5) is 0 Å². The van der Waals surface area contributed by atoms with E-state index < -0.39 is 11.9 Å². The molecule has 0 saturated carbocycles. The number of esters is 1. The molecule has 2 aromatic carbocycles. The third-order valence-electron chi connectivity index (χ3n) is 3.15.